The van der Waals surface area contributed by atoms with Crippen LogP contribution in [-0.2, 0) is 16.1 Å². The van der Waals surface area contributed by atoms with Crippen molar-refractivity contribution in [1.82, 2.24) is 19.8 Å². The highest BCUT2D eigenvalue weighted by molar-refractivity contribution is 5.92. The molecule has 0 radical (unpaired) electrons. The summed E-state index contributed by atoms with van der Waals surface area (Å²) in [7, 11) is 1.58. The van der Waals surface area contributed by atoms with Crippen LogP contribution in [0.1, 0.15) is 36.2 Å². The largest absolute Gasteiger partial charge is 0.383 e. The molecule has 1 aliphatic heterocycles. The summed E-state index contributed by atoms with van der Waals surface area (Å²) in [4.78, 5) is 29.6. The maximum absolute atomic E-state index is 11.9. The number of methoxy groups -OCH3 is 1. The van der Waals surface area contributed by atoms with Gasteiger partial charge in [-0.1, -0.05) is 0 Å². The number of carbonyl (C=O) groups excluding carboxylic acids is 2. The third kappa shape index (κ3) is 2.82. The minimum absolute atomic E-state index is 0.0258. The van der Waals surface area contributed by atoms with Gasteiger partial charge in [-0.2, -0.15) is 0 Å². The first-order valence-corrected chi connectivity index (χ1v) is 6.66. The SMILES string of the molecule is COCCNC(=O)c1cn2c(n1)C(C)N(C(C)=O)CC2. The van der Waals surface area contributed by atoms with E-state index in [9.17, 15) is 9.59 Å². The summed E-state index contributed by atoms with van der Waals surface area (Å²) in [5, 5.41) is 2.74. The number of hydrogen-bond donors (Lipinski definition) is 1. The Morgan fingerprint density at radius 2 is 2.25 bits per heavy atom. The summed E-state index contributed by atoms with van der Waals surface area (Å²) in [5.41, 5.74) is 0.383. The fourth-order valence-corrected chi connectivity index (χ4v) is 2.39. The second-order valence-electron chi connectivity index (χ2n) is 4.81. The second-order valence-corrected chi connectivity index (χ2v) is 4.81. The third-order valence-corrected chi connectivity index (χ3v) is 3.46. The van der Waals surface area contributed by atoms with Gasteiger partial charge in [0.2, 0.25) is 5.91 Å². The Bertz CT molecular complexity index is 512. The van der Waals surface area contributed by atoms with Gasteiger partial charge in [0.25, 0.3) is 5.91 Å². The number of nitrogens with one attached hydrogen (secondary N) is 1. The van der Waals surface area contributed by atoms with Crippen LogP contribution in [0.15, 0.2) is 6.20 Å². The lowest BCUT2D eigenvalue weighted by molar-refractivity contribution is -0.132. The van der Waals surface area contributed by atoms with Crippen molar-refractivity contribution < 1.29 is 14.3 Å². The van der Waals surface area contributed by atoms with E-state index in [1.54, 1.807) is 25.1 Å². The lowest BCUT2D eigenvalue weighted by Gasteiger charge is -2.32. The van der Waals surface area contributed by atoms with Gasteiger partial charge in [-0.25, -0.2) is 4.98 Å². The first-order valence-electron chi connectivity index (χ1n) is 6.66. The van der Waals surface area contributed by atoms with Crippen molar-refractivity contribution in [3.05, 3.63) is 17.7 Å². The van der Waals surface area contributed by atoms with Crippen molar-refractivity contribution in [2.45, 2.75) is 26.4 Å². The van der Waals surface area contributed by atoms with E-state index in [1.165, 1.54) is 0 Å². The summed E-state index contributed by atoms with van der Waals surface area (Å²) >= 11 is 0. The molecule has 1 aromatic heterocycles. The van der Waals surface area contributed by atoms with Gasteiger partial charge in [-0.15, -0.1) is 0 Å². The van der Waals surface area contributed by atoms with Crippen molar-refractivity contribution in [3.8, 4) is 0 Å². The van der Waals surface area contributed by atoms with Gasteiger partial charge < -0.3 is 19.5 Å². The van der Waals surface area contributed by atoms with Gasteiger partial charge in [0, 0.05) is 39.9 Å². The summed E-state index contributed by atoms with van der Waals surface area (Å²) < 4.78 is 6.82. The topological polar surface area (TPSA) is 76.5 Å². The molecule has 0 fully saturated rings. The number of imidazole rings is 1. The monoisotopic (exact) mass is 280 g/mol. The Balaban J connectivity index is 2.11. The second kappa shape index (κ2) is 6.04. The summed E-state index contributed by atoms with van der Waals surface area (Å²) in [6.45, 7) is 5.70. The molecule has 1 aromatic rings. The standard InChI is InChI=1S/C13H20N4O3/c1-9-12-15-11(13(19)14-4-7-20-3)8-16(12)5-6-17(9)10(2)18/h8-9H,4-7H2,1-3H3,(H,14,19). The van der Waals surface area contributed by atoms with E-state index in [0.717, 1.165) is 5.82 Å². The van der Waals surface area contributed by atoms with Crippen molar-refractivity contribution in [2.24, 2.45) is 0 Å². The molecular formula is C13H20N4O3. The first kappa shape index (κ1) is 14.5. The smallest absolute Gasteiger partial charge is 0.271 e. The molecule has 2 rings (SSSR count). The maximum Gasteiger partial charge on any atom is 0.271 e. The van der Waals surface area contributed by atoms with Crippen molar-refractivity contribution in [1.29, 1.82) is 0 Å². The van der Waals surface area contributed by atoms with E-state index in [1.807, 2.05) is 11.5 Å². The Morgan fingerprint density at radius 1 is 1.50 bits per heavy atom. The highest BCUT2D eigenvalue weighted by atomic mass is 16.5. The predicted molar refractivity (Wildman–Crippen MR) is 72.2 cm³/mol. The fourth-order valence-electron chi connectivity index (χ4n) is 2.39. The lowest BCUT2D eigenvalue weighted by atomic mass is 10.2. The molecule has 20 heavy (non-hydrogen) atoms. The minimum Gasteiger partial charge on any atom is -0.383 e. The van der Waals surface area contributed by atoms with Gasteiger partial charge in [0.05, 0.1) is 12.6 Å². The lowest BCUT2D eigenvalue weighted by Crippen LogP contribution is -2.39. The van der Waals surface area contributed by atoms with Gasteiger partial charge in [0.15, 0.2) is 0 Å². The summed E-state index contributed by atoms with van der Waals surface area (Å²) in [6, 6.07) is -0.109. The number of aromatic nitrogens is 2. The first-order chi connectivity index (χ1) is 9.54. The molecule has 0 aromatic carbocycles. The van der Waals surface area contributed by atoms with Crippen molar-refractivity contribution in [2.75, 3.05) is 26.8 Å². The van der Waals surface area contributed by atoms with Gasteiger partial charge in [-0.3, -0.25) is 9.59 Å². The van der Waals surface area contributed by atoms with Crippen LogP contribution in [0.4, 0.5) is 0 Å². The van der Waals surface area contributed by atoms with Crippen molar-refractivity contribution >= 4 is 11.8 Å². The predicted octanol–water partition coefficient (Wildman–Crippen LogP) is 0.182. The fraction of sp³-hybridized carbons (Fsp3) is 0.615. The van der Waals surface area contributed by atoms with Gasteiger partial charge in [-0.05, 0) is 6.92 Å². The zero-order chi connectivity index (χ0) is 14.7. The van der Waals surface area contributed by atoms with Gasteiger partial charge in [0.1, 0.15) is 11.5 Å². The minimum atomic E-state index is -0.217. The zero-order valence-electron chi connectivity index (χ0n) is 12.0. The molecule has 110 valence electrons. The van der Waals surface area contributed by atoms with E-state index < -0.39 is 0 Å². The Morgan fingerprint density at radius 3 is 2.90 bits per heavy atom. The molecule has 1 atom stereocenters. The Kier molecular flexibility index (Phi) is 4.39. The van der Waals surface area contributed by atoms with Crippen LogP contribution in [-0.4, -0.2) is 53.1 Å². The molecule has 7 nitrogen and oxygen atoms in total. The highest BCUT2D eigenvalue weighted by Crippen LogP contribution is 2.24. The molecule has 0 aliphatic carbocycles. The zero-order valence-corrected chi connectivity index (χ0v) is 12.0. The molecule has 0 spiro atoms. The number of carbonyl (C=O) groups is 2. The molecular weight excluding hydrogens is 260 g/mol. The summed E-state index contributed by atoms with van der Waals surface area (Å²) in [6.07, 6.45) is 1.74. The van der Waals surface area contributed by atoms with Crippen LogP contribution in [0, 0.1) is 0 Å². The molecule has 0 saturated carbocycles. The van der Waals surface area contributed by atoms with Crippen LogP contribution in [0.25, 0.3) is 0 Å². The van der Waals surface area contributed by atoms with Crippen LogP contribution in [0.3, 0.4) is 0 Å². The highest BCUT2D eigenvalue weighted by Gasteiger charge is 2.28. The Hall–Kier alpha value is -1.89. The van der Waals surface area contributed by atoms with Crippen LogP contribution >= 0.6 is 0 Å². The maximum atomic E-state index is 11.9. The number of rotatable bonds is 4. The normalized spacial score (nSPS) is 17.8. The average molecular weight is 280 g/mol. The van der Waals surface area contributed by atoms with E-state index in [2.05, 4.69) is 10.3 Å². The molecule has 7 heteroatoms. The average Bonchev–Trinajstić information content (AvgIpc) is 2.84. The molecule has 2 heterocycles. The van der Waals surface area contributed by atoms with E-state index in [-0.39, 0.29) is 17.9 Å². The Labute approximate surface area is 117 Å². The molecule has 1 unspecified atom stereocenters. The van der Waals surface area contributed by atoms with Crippen LogP contribution < -0.4 is 5.32 Å². The van der Waals surface area contributed by atoms with Crippen LogP contribution in [0.2, 0.25) is 0 Å². The third-order valence-electron chi connectivity index (χ3n) is 3.46. The van der Waals surface area contributed by atoms with Gasteiger partial charge >= 0.3 is 0 Å². The van der Waals surface area contributed by atoms with Crippen LogP contribution in [0.5, 0.6) is 0 Å². The molecule has 1 N–H and O–H groups in total. The number of amides is 2. The van der Waals surface area contributed by atoms with E-state index in [0.29, 0.717) is 31.9 Å². The number of ether oxygens (including phenoxy) is 1. The molecule has 0 saturated heterocycles. The quantitative estimate of drug-likeness (QED) is 0.798. The van der Waals surface area contributed by atoms with E-state index in [4.69, 9.17) is 4.74 Å². The van der Waals surface area contributed by atoms with Crippen molar-refractivity contribution in [3.63, 3.8) is 0 Å². The number of hydrogen-bond acceptors (Lipinski definition) is 4. The molecule has 2 amide bonds. The molecule has 0 bridgehead atoms. The van der Waals surface area contributed by atoms with E-state index >= 15 is 0 Å². The molecule has 1 aliphatic rings. The summed E-state index contributed by atoms with van der Waals surface area (Å²) in [5.74, 6) is 0.562. The number of fused-ring (bicyclic) bond motifs is 1. The number of nitrogens with zero attached hydrogens (tertiary/aromatic N) is 3.